The van der Waals surface area contributed by atoms with Gasteiger partial charge >= 0.3 is 11.7 Å². The Morgan fingerprint density at radius 2 is 2.04 bits per heavy atom. The van der Waals surface area contributed by atoms with Gasteiger partial charge in [-0.3, -0.25) is 19.7 Å². The maximum atomic E-state index is 13.5. The standard InChI is InChI=1S/C13H7ClF2N4O3/c14-6-2-1-5(10-9(6)20-12(22)23-10)7-3-19-8(4-18-7)13(15,16)11(17)21/h1-4H,(H2,17,21)(H,20,22). The van der Waals surface area contributed by atoms with Gasteiger partial charge in [0.05, 0.1) is 23.1 Å². The number of benzene rings is 1. The summed E-state index contributed by atoms with van der Waals surface area (Å²) < 4.78 is 31.9. The Kier molecular flexibility index (Phi) is 3.37. The highest BCUT2D eigenvalue weighted by Crippen LogP contribution is 2.31. The summed E-state index contributed by atoms with van der Waals surface area (Å²) in [5, 5.41) is 0.249. The van der Waals surface area contributed by atoms with Crippen molar-refractivity contribution in [2.75, 3.05) is 0 Å². The van der Waals surface area contributed by atoms with Gasteiger partial charge in [-0.1, -0.05) is 11.6 Å². The second kappa shape index (κ2) is 5.13. The summed E-state index contributed by atoms with van der Waals surface area (Å²) in [6.45, 7) is 0. The summed E-state index contributed by atoms with van der Waals surface area (Å²) in [7, 11) is 0. The molecule has 3 aromatic rings. The van der Waals surface area contributed by atoms with E-state index >= 15 is 0 Å². The summed E-state index contributed by atoms with van der Waals surface area (Å²) in [6.07, 6.45) is 1.74. The molecule has 0 aliphatic heterocycles. The molecule has 1 amide bonds. The maximum Gasteiger partial charge on any atom is 0.417 e. The number of carbonyl (C=O) groups excluding carboxylic acids is 1. The van der Waals surface area contributed by atoms with Crippen LogP contribution in [0.3, 0.4) is 0 Å². The number of fused-ring (bicyclic) bond motifs is 1. The van der Waals surface area contributed by atoms with E-state index in [1.54, 1.807) is 0 Å². The lowest BCUT2D eigenvalue weighted by atomic mass is 10.1. The van der Waals surface area contributed by atoms with Gasteiger partial charge in [-0.2, -0.15) is 8.78 Å². The molecule has 1 aromatic carbocycles. The molecule has 2 aromatic heterocycles. The number of aromatic amines is 1. The molecule has 0 saturated heterocycles. The van der Waals surface area contributed by atoms with Gasteiger partial charge in [0.2, 0.25) is 0 Å². The van der Waals surface area contributed by atoms with Crippen LogP contribution in [-0.4, -0.2) is 20.9 Å². The van der Waals surface area contributed by atoms with E-state index in [0.717, 1.165) is 12.4 Å². The number of alkyl halides is 2. The van der Waals surface area contributed by atoms with Gasteiger partial charge in [-0.15, -0.1) is 0 Å². The van der Waals surface area contributed by atoms with Gasteiger partial charge < -0.3 is 10.2 Å². The first-order valence-electron chi connectivity index (χ1n) is 6.12. The van der Waals surface area contributed by atoms with Gasteiger partial charge in [0, 0.05) is 5.56 Å². The molecule has 0 spiro atoms. The van der Waals surface area contributed by atoms with Crippen molar-refractivity contribution in [2.24, 2.45) is 5.73 Å². The predicted octanol–water partition coefficient (Wildman–Crippen LogP) is 1.81. The molecular formula is C13H7ClF2N4O3. The fourth-order valence-electron chi connectivity index (χ4n) is 1.96. The van der Waals surface area contributed by atoms with Crippen LogP contribution < -0.4 is 11.5 Å². The number of hydrogen-bond acceptors (Lipinski definition) is 5. The van der Waals surface area contributed by atoms with Crippen LogP contribution in [-0.2, 0) is 10.7 Å². The minimum Gasteiger partial charge on any atom is -0.407 e. The molecule has 3 N–H and O–H groups in total. The summed E-state index contributed by atoms with van der Waals surface area (Å²) in [4.78, 5) is 31.8. The molecule has 118 valence electrons. The first-order valence-corrected chi connectivity index (χ1v) is 6.50. The second-order valence-electron chi connectivity index (χ2n) is 4.54. The molecule has 23 heavy (non-hydrogen) atoms. The van der Waals surface area contributed by atoms with Crippen molar-refractivity contribution in [3.8, 4) is 11.3 Å². The molecular weight excluding hydrogens is 334 g/mol. The highest BCUT2D eigenvalue weighted by molar-refractivity contribution is 6.35. The SMILES string of the molecule is NC(=O)C(F)(F)c1cnc(-c2ccc(Cl)c3[nH]c(=O)oc23)cn1. The minimum absolute atomic E-state index is 0.117. The molecule has 0 fully saturated rings. The largest absolute Gasteiger partial charge is 0.417 e. The molecule has 7 nitrogen and oxygen atoms in total. The van der Waals surface area contributed by atoms with Crippen molar-refractivity contribution in [1.29, 1.82) is 0 Å². The molecule has 0 aliphatic carbocycles. The fraction of sp³-hybridized carbons (Fsp3) is 0.0769. The van der Waals surface area contributed by atoms with Gasteiger partial charge in [0.1, 0.15) is 11.2 Å². The normalized spacial score (nSPS) is 11.8. The van der Waals surface area contributed by atoms with Gasteiger partial charge in [0.25, 0.3) is 5.91 Å². The Morgan fingerprint density at radius 1 is 1.30 bits per heavy atom. The van der Waals surface area contributed by atoms with Crippen molar-refractivity contribution in [1.82, 2.24) is 15.0 Å². The molecule has 0 aliphatic rings. The van der Waals surface area contributed by atoms with Crippen LogP contribution in [0.2, 0.25) is 5.02 Å². The number of nitrogens with zero attached hydrogens (tertiary/aromatic N) is 2. The lowest BCUT2D eigenvalue weighted by Crippen LogP contribution is -2.33. The van der Waals surface area contributed by atoms with Crippen LogP contribution in [0, 0.1) is 0 Å². The number of carbonyl (C=O) groups is 1. The number of aromatic nitrogens is 3. The Bertz CT molecular complexity index is 966. The van der Waals surface area contributed by atoms with Crippen molar-refractivity contribution in [3.05, 3.63) is 45.8 Å². The Hall–Kier alpha value is -2.81. The van der Waals surface area contributed by atoms with Gasteiger partial charge in [-0.25, -0.2) is 4.79 Å². The third-order valence-electron chi connectivity index (χ3n) is 3.09. The van der Waals surface area contributed by atoms with Gasteiger partial charge in [-0.05, 0) is 12.1 Å². The first-order chi connectivity index (χ1) is 10.8. The van der Waals surface area contributed by atoms with Crippen LogP contribution in [0.1, 0.15) is 5.69 Å². The topological polar surface area (TPSA) is 115 Å². The summed E-state index contributed by atoms with van der Waals surface area (Å²) in [5.74, 6) is -6.48. The zero-order valence-electron chi connectivity index (χ0n) is 11.1. The van der Waals surface area contributed by atoms with Crippen LogP contribution in [0.25, 0.3) is 22.4 Å². The smallest absolute Gasteiger partial charge is 0.407 e. The summed E-state index contributed by atoms with van der Waals surface area (Å²) in [5.41, 5.74) is 4.58. The predicted molar refractivity (Wildman–Crippen MR) is 76.0 cm³/mol. The number of primary amides is 1. The van der Waals surface area contributed by atoms with E-state index in [9.17, 15) is 18.4 Å². The average molecular weight is 341 g/mol. The van der Waals surface area contributed by atoms with E-state index < -0.39 is 23.3 Å². The van der Waals surface area contributed by atoms with Crippen molar-refractivity contribution in [2.45, 2.75) is 5.92 Å². The van der Waals surface area contributed by atoms with E-state index in [0.29, 0.717) is 5.56 Å². The molecule has 0 bridgehead atoms. The van der Waals surface area contributed by atoms with E-state index in [1.807, 2.05) is 0 Å². The van der Waals surface area contributed by atoms with Crippen LogP contribution >= 0.6 is 11.6 Å². The fourth-order valence-corrected chi connectivity index (χ4v) is 2.15. The highest BCUT2D eigenvalue weighted by Gasteiger charge is 2.40. The molecule has 3 rings (SSSR count). The van der Waals surface area contributed by atoms with Crippen LogP contribution in [0.5, 0.6) is 0 Å². The number of amides is 1. The second-order valence-corrected chi connectivity index (χ2v) is 4.95. The lowest BCUT2D eigenvalue weighted by Gasteiger charge is -2.11. The third kappa shape index (κ3) is 2.44. The number of H-pyrrole nitrogens is 1. The zero-order valence-corrected chi connectivity index (χ0v) is 11.9. The minimum atomic E-state index is -3.93. The summed E-state index contributed by atoms with van der Waals surface area (Å²) >= 11 is 5.93. The number of halogens is 3. The Morgan fingerprint density at radius 3 is 2.65 bits per heavy atom. The zero-order chi connectivity index (χ0) is 16.8. The van der Waals surface area contributed by atoms with Crippen molar-refractivity contribution in [3.63, 3.8) is 0 Å². The average Bonchev–Trinajstić information content (AvgIpc) is 2.90. The number of rotatable bonds is 3. The molecule has 0 atom stereocenters. The van der Waals surface area contributed by atoms with Gasteiger partial charge in [0.15, 0.2) is 5.58 Å². The third-order valence-corrected chi connectivity index (χ3v) is 3.40. The van der Waals surface area contributed by atoms with Crippen LogP contribution in [0.4, 0.5) is 8.78 Å². The monoisotopic (exact) mass is 340 g/mol. The Balaban J connectivity index is 2.12. The van der Waals surface area contributed by atoms with Crippen molar-refractivity contribution >= 4 is 28.6 Å². The first kappa shape index (κ1) is 15.1. The lowest BCUT2D eigenvalue weighted by molar-refractivity contribution is -0.143. The highest BCUT2D eigenvalue weighted by atomic mass is 35.5. The number of oxazole rings is 1. The number of nitrogens with two attached hydrogens (primary N) is 1. The van der Waals surface area contributed by atoms with Crippen LogP contribution in [0.15, 0.2) is 33.7 Å². The van der Waals surface area contributed by atoms with E-state index in [-0.39, 0.29) is 21.8 Å². The molecule has 0 radical (unpaired) electrons. The molecule has 2 heterocycles. The van der Waals surface area contributed by atoms with E-state index in [1.165, 1.54) is 12.1 Å². The molecule has 10 heteroatoms. The number of nitrogens with one attached hydrogen (secondary N) is 1. The summed E-state index contributed by atoms with van der Waals surface area (Å²) in [6, 6.07) is 2.98. The Labute approximate surface area is 131 Å². The van der Waals surface area contributed by atoms with Crippen molar-refractivity contribution < 1.29 is 18.0 Å². The maximum absolute atomic E-state index is 13.5. The quantitative estimate of drug-likeness (QED) is 0.754. The molecule has 0 saturated carbocycles. The van der Waals surface area contributed by atoms with E-state index in [2.05, 4.69) is 20.7 Å². The number of hydrogen-bond donors (Lipinski definition) is 2. The molecule has 0 unspecified atom stereocenters. The van der Waals surface area contributed by atoms with E-state index in [4.69, 9.17) is 16.0 Å².